The number of benzene rings is 3. The first kappa shape index (κ1) is 47.4. The Labute approximate surface area is 372 Å². The number of imide groups is 1. The van der Waals surface area contributed by atoms with Crippen LogP contribution in [0.1, 0.15) is 73.3 Å². The summed E-state index contributed by atoms with van der Waals surface area (Å²) in [4.78, 5) is 56.1. The molecule has 1 unspecified atom stereocenters. The number of nitriles is 1. The number of nitrogens with zero attached hydrogens (tertiary/aromatic N) is 5. The minimum absolute atomic E-state index is 0. The molecule has 1 aliphatic carbocycles. The Kier molecular flexibility index (Phi) is 14.0. The highest BCUT2D eigenvalue weighted by Crippen LogP contribution is 2.47. The second-order valence-corrected chi connectivity index (χ2v) is 17.1. The third kappa shape index (κ3) is 10.5. The van der Waals surface area contributed by atoms with Crippen molar-refractivity contribution in [1.82, 2.24) is 15.1 Å². The van der Waals surface area contributed by atoms with E-state index in [9.17, 15) is 50.8 Å². The fourth-order valence-corrected chi connectivity index (χ4v) is 8.96. The van der Waals surface area contributed by atoms with Crippen molar-refractivity contribution in [1.29, 1.82) is 5.26 Å². The minimum atomic E-state index is -4.84. The van der Waals surface area contributed by atoms with Gasteiger partial charge < -0.3 is 9.64 Å². The van der Waals surface area contributed by atoms with Crippen molar-refractivity contribution in [3.8, 4) is 11.8 Å². The van der Waals surface area contributed by atoms with Crippen molar-refractivity contribution in [3.63, 3.8) is 0 Å². The molecular formula is C44H46F6N6O5S2. The van der Waals surface area contributed by atoms with Gasteiger partial charge in [0, 0.05) is 50.6 Å². The number of anilines is 2. The number of amides is 3. The quantitative estimate of drug-likeness (QED) is 0.111. The van der Waals surface area contributed by atoms with Crippen LogP contribution in [0.5, 0.6) is 5.75 Å². The van der Waals surface area contributed by atoms with Gasteiger partial charge in [-0.25, -0.2) is 0 Å². The maximum atomic E-state index is 14.4. The minimum Gasteiger partial charge on any atom is -0.492 e. The molecule has 7 rings (SSSR count). The van der Waals surface area contributed by atoms with Crippen LogP contribution in [-0.2, 0) is 38.2 Å². The summed E-state index contributed by atoms with van der Waals surface area (Å²) in [6.07, 6.45) is -6.76. The number of piperazine rings is 1. The Morgan fingerprint density at radius 2 is 1.67 bits per heavy atom. The molecule has 3 aromatic carbocycles. The molecule has 3 amide bonds. The lowest BCUT2D eigenvalue weighted by atomic mass is 9.90. The van der Waals surface area contributed by atoms with Gasteiger partial charge >= 0.3 is 12.4 Å². The van der Waals surface area contributed by atoms with Crippen molar-refractivity contribution in [2.45, 2.75) is 82.2 Å². The van der Waals surface area contributed by atoms with Gasteiger partial charge in [0.2, 0.25) is 11.8 Å². The van der Waals surface area contributed by atoms with Crippen LogP contribution >= 0.6 is 25.7 Å². The molecule has 0 bridgehead atoms. The maximum absolute atomic E-state index is 14.4. The van der Waals surface area contributed by atoms with Gasteiger partial charge in [0.25, 0.3) is 5.91 Å². The predicted octanol–water partition coefficient (Wildman–Crippen LogP) is 6.82. The molecule has 3 heterocycles. The van der Waals surface area contributed by atoms with Gasteiger partial charge in [0.05, 0.1) is 29.4 Å². The summed E-state index contributed by atoms with van der Waals surface area (Å²) in [6, 6.07) is 14.9. The lowest BCUT2D eigenvalue weighted by molar-refractivity contribution is -0.197. The van der Waals surface area contributed by atoms with Crippen LogP contribution in [0.2, 0.25) is 0 Å². The summed E-state index contributed by atoms with van der Waals surface area (Å²) >= 11 is 5.71. The number of ketones is 1. The van der Waals surface area contributed by atoms with Gasteiger partial charge in [-0.1, -0.05) is 24.3 Å². The van der Waals surface area contributed by atoms with Crippen LogP contribution in [0.25, 0.3) is 0 Å². The molecule has 0 aromatic heterocycles. The van der Waals surface area contributed by atoms with E-state index in [-0.39, 0.29) is 106 Å². The average molecular weight is 917 g/mol. The van der Waals surface area contributed by atoms with Crippen molar-refractivity contribution in [3.05, 3.63) is 88.5 Å². The Bertz CT molecular complexity index is 2330. The van der Waals surface area contributed by atoms with Gasteiger partial charge in [0.1, 0.15) is 23.9 Å². The molecule has 11 nitrogen and oxygen atoms in total. The van der Waals surface area contributed by atoms with Gasteiger partial charge in [-0.3, -0.25) is 39.2 Å². The van der Waals surface area contributed by atoms with Crippen molar-refractivity contribution in [2.75, 3.05) is 49.1 Å². The van der Waals surface area contributed by atoms with Crippen LogP contribution in [-0.4, -0.2) is 95.5 Å². The molecule has 0 radical (unpaired) electrons. The highest BCUT2D eigenvalue weighted by Gasteiger charge is 2.51. The number of carbonyl (C=O) groups is 4. The zero-order valence-electron chi connectivity index (χ0n) is 34.4. The first-order valence-electron chi connectivity index (χ1n) is 20.3. The monoisotopic (exact) mass is 916 g/mol. The molecule has 1 saturated carbocycles. The second-order valence-electron chi connectivity index (χ2n) is 16.7. The molecule has 63 heavy (non-hydrogen) atoms. The third-order valence-electron chi connectivity index (χ3n) is 11.8. The number of hydrogen-bond acceptors (Lipinski definition) is 9. The highest BCUT2D eigenvalue weighted by atomic mass is 32.1. The molecule has 4 fully saturated rings. The average Bonchev–Trinajstić information content (AvgIpc) is 4.03. The van der Waals surface area contributed by atoms with Gasteiger partial charge in [-0.15, -0.1) is 0 Å². The van der Waals surface area contributed by atoms with Crippen molar-refractivity contribution < 1.29 is 50.3 Å². The van der Waals surface area contributed by atoms with E-state index in [0.29, 0.717) is 29.8 Å². The van der Waals surface area contributed by atoms with Crippen LogP contribution in [0.15, 0.2) is 60.7 Å². The molecule has 1 N–H and O–H groups in total. The van der Waals surface area contributed by atoms with E-state index in [4.69, 9.17) is 17.0 Å². The number of ether oxygens (including phenoxy) is 1. The Morgan fingerprint density at radius 3 is 2.33 bits per heavy atom. The fraction of sp³-hybridized carbons (Fsp3) is 0.455. The second kappa shape index (κ2) is 18.6. The lowest BCUT2D eigenvalue weighted by Crippen LogP contribution is -2.60. The van der Waals surface area contributed by atoms with Gasteiger partial charge in [-0.2, -0.15) is 45.1 Å². The van der Waals surface area contributed by atoms with Crippen molar-refractivity contribution >= 4 is 65.7 Å². The normalized spacial score (nSPS) is 20.9. The summed E-state index contributed by atoms with van der Waals surface area (Å²) in [7, 11) is 0. The Hall–Kier alpha value is -5.03. The smallest absolute Gasteiger partial charge is 0.417 e. The molecule has 3 aromatic rings. The first-order chi connectivity index (χ1) is 29.2. The van der Waals surface area contributed by atoms with E-state index in [0.717, 1.165) is 41.0 Å². The zero-order chi connectivity index (χ0) is 44.7. The van der Waals surface area contributed by atoms with Crippen LogP contribution in [0.3, 0.4) is 0 Å². The Balaban J connectivity index is 0.00000661. The number of halogens is 6. The van der Waals surface area contributed by atoms with Gasteiger partial charge in [0.15, 0.2) is 10.9 Å². The van der Waals surface area contributed by atoms with E-state index in [1.807, 2.05) is 12.1 Å². The topological polar surface area (TPSA) is 126 Å². The number of rotatable bonds is 13. The molecule has 3 aliphatic heterocycles. The summed E-state index contributed by atoms with van der Waals surface area (Å²) in [5, 5.41) is 11.5. The van der Waals surface area contributed by atoms with Crippen LogP contribution in [0.4, 0.5) is 37.7 Å². The van der Waals surface area contributed by atoms with E-state index in [1.165, 1.54) is 17.0 Å². The molecule has 4 aliphatic rings. The maximum Gasteiger partial charge on any atom is 0.417 e. The van der Waals surface area contributed by atoms with E-state index >= 15 is 0 Å². The number of Topliss-reactive ketones (excluding diaryl/α,β-unsaturated/α-hetero) is 1. The summed E-state index contributed by atoms with van der Waals surface area (Å²) in [5.74, 6) is -1.34. The highest BCUT2D eigenvalue weighted by molar-refractivity contribution is 7.81. The Morgan fingerprint density at radius 1 is 0.952 bits per heavy atom. The number of carbonyl (C=O) groups excluding carboxylic acids is 4. The SMILES string of the molecule is CC1(C)C(=O)N(c2ccc(C#N)c(C(F)(F)F)c2)C(=S)N1c1ccc(OCCN2CCN(CC(=O)Cc3cccc(CC4CCC(=O)NC4=O)c3)[C@H](C(F)(F)F)C2)c(C2CC2)c1.S. The zero-order valence-corrected chi connectivity index (χ0v) is 36.3. The standard InChI is InChI=1S/C44H44F6N6O5S.H2S/c1-42(2)40(60)55(31-10-8-30(23-51)35(22-31)43(45,46)47)41(62)56(42)32-11-12-36(34(21-32)28-6-7-28)61-17-16-53-14-15-54(37(25-53)44(48,49)50)24-33(57)20-27-5-3-4-26(18-27)19-29-9-13-38(58)52-39(29)59;/h3-5,8,10-12,18,21-22,28-29,37H,6-7,9,13-17,19-20,24-25H2,1-2H3,(H,52,58,59);1H2/t29?,37-;/m0./s1. The number of alkyl halides is 6. The van der Waals surface area contributed by atoms with E-state index in [1.54, 1.807) is 54.0 Å². The first-order valence-corrected chi connectivity index (χ1v) is 20.7. The summed E-state index contributed by atoms with van der Waals surface area (Å²) in [6.45, 7) is 3.00. The summed E-state index contributed by atoms with van der Waals surface area (Å²) < 4.78 is 91.0. The molecule has 336 valence electrons. The number of nitrogens with one attached hydrogen (secondary N) is 1. The number of hydrogen-bond donors (Lipinski definition) is 1. The largest absolute Gasteiger partial charge is 0.492 e. The van der Waals surface area contributed by atoms with Gasteiger partial charge in [-0.05, 0) is 111 Å². The van der Waals surface area contributed by atoms with Crippen LogP contribution < -0.4 is 19.9 Å². The number of piperidine rings is 1. The third-order valence-corrected chi connectivity index (χ3v) is 12.2. The fourth-order valence-electron chi connectivity index (χ4n) is 8.44. The lowest BCUT2D eigenvalue weighted by Gasteiger charge is -2.41. The molecular weight excluding hydrogens is 871 g/mol. The van der Waals surface area contributed by atoms with Crippen molar-refractivity contribution in [2.24, 2.45) is 5.92 Å². The van der Waals surface area contributed by atoms with Crippen LogP contribution in [0, 0.1) is 17.2 Å². The number of thiocarbonyl (C=S) groups is 1. The predicted molar refractivity (Wildman–Crippen MR) is 230 cm³/mol. The molecule has 3 saturated heterocycles. The molecule has 2 atom stereocenters. The molecule has 19 heteroatoms. The van der Waals surface area contributed by atoms with E-state index in [2.05, 4.69) is 5.32 Å². The van der Waals surface area contributed by atoms with E-state index < -0.39 is 41.0 Å². The summed E-state index contributed by atoms with van der Waals surface area (Å²) in [5.41, 5.74) is -0.467. The molecule has 0 spiro atoms.